The number of nitrogens with one attached hydrogen (secondary N) is 2. The summed E-state index contributed by atoms with van der Waals surface area (Å²) < 4.78 is 40.7. The van der Waals surface area contributed by atoms with Gasteiger partial charge in [-0.15, -0.1) is 0 Å². The molecule has 0 bridgehead atoms. The van der Waals surface area contributed by atoms with E-state index in [0.717, 1.165) is 42.5 Å². The first kappa shape index (κ1) is 44.4. The van der Waals surface area contributed by atoms with Gasteiger partial charge in [-0.3, -0.25) is 19.8 Å². The number of ether oxygens (including phenoxy) is 2. The van der Waals surface area contributed by atoms with Gasteiger partial charge < -0.3 is 24.6 Å². The molecule has 1 heterocycles. The summed E-state index contributed by atoms with van der Waals surface area (Å²) in [6, 6.07) is 33.3. The van der Waals surface area contributed by atoms with E-state index < -0.39 is 43.1 Å². The van der Waals surface area contributed by atoms with Crippen LogP contribution in [0.1, 0.15) is 43.1 Å². The summed E-state index contributed by atoms with van der Waals surface area (Å²) in [6.45, 7) is 9.54. The Hall–Kier alpha value is -6.16. The Labute approximate surface area is 361 Å². The van der Waals surface area contributed by atoms with Gasteiger partial charge >= 0.3 is 6.09 Å². The zero-order valence-electron chi connectivity index (χ0n) is 34.5. The molecule has 0 saturated carbocycles. The highest BCUT2D eigenvalue weighted by Crippen LogP contribution is 2.33. The monoisotopic (exact) mass is 868 g/mol. The van der Waals surface area contributed by atoms with Crippen molar-refractivity contribution >= 4 is 50.7 Å². The van der Waals surface area contributed by atoms with Gasteiger partial charge in [0.05, 0.1) is 15.4 Å². The van der Waals surface area contributed by atoms with E-state index >= 15 is 0 Å². The topological polar surface area (TPSA) is 164 Å². The first-order chi connectivity index (χ1) is 29.1. The van der Waals surface area contributed by atoms with Gasteiger partial charge in [0.15, 0.2) is 0 Å². The third-order valence-electron chi connectivity index (χ3n) is 9.88. The Kier molecular flexibility index (Phi) is 14.2. The lowest BCUT2D eigenvalue weighted by Crippen LogP contribution is -2.46. The van der Waals surface area contributed by atoms with Crippen LogP contribution >= 0.6 is 11.6 Å². The molecule has 2 N–H and O–H groups in total. The van der Waals surface area contributed by atoms with E-state index in [1.165, 1.54) is 28.7 Å². The first-order valence-electron chi connectivity index (χ1n) is 19.8. The highest BCUT2D eigenvalue weighted by Gasteiger charge is 2.27. The van der Waals surface area contributed by atoms with Crippen molar-refractivity contribution in [3.63, 3.8) is 0 Å². The van der Waals surface area contributed by atoms with Crippen LogP contribution < -0.4 is 19.7 Å². The number of carbonyl (C=O) groups excluding carboxylic acids is 2. The SMILES string of the molecule is CN(CCCNc1ccc(S(=O)(=O)NC(=O)c2ccc(N3CCN(Cc4ccccc4-c4ccc(Cl)cc4)CC3)cc2Oc2ccccc2)cc1[N+](=O)[O-])C(=O)OC(C)(C)C. The average Bonchev–Trinajstić information content (AvgIpc) is 3.22. The molecule has 0 unspecified atom stereocenters. The van der Waals surface area contributed by atoms with Crippen LogP contribution in [0.5, 0.6) is 11.5 Å². The maximum absolute atomic E-state index is 13.8. The molecular weight excluding hydrogens is 820 g/mol. The number of piperazine rings is 1. The molecule has 5 aromatic carbocycles. The third-order valence-corrected chi connectivity index (χ3v) is 11.5. The van der Waals surface area contributed by atoms with Gasteiger partial charge in [-0.2, -0.15) is 0 Å². The average molecular weight is 869 g/mol. The van der Waals surface area contributed by atoms with Gasteiger partial charge in [-0.25, -0.2) is 17.9 Å². The van der Waals surface area contributed by atoms with Gasteiger partial charge in [0, 0.05) is 75.7 Å². The second-order valence-corrected chi connectivity index (χ2v) is 17.7. The number of hydrogen-bond acceptors (Lipinski definition) is 11. The van der Waals surface area contributed by atoms with Crippen LogP contribution in [0.2, 0.25) is 5.02 Å². The second-order valence-electron chi connectivity index (χ2n) is 15.6. The van der Waals surface area contributed by atoms with Crippen molar-refractivity contribution in [2.24, 2.45) is 0 Å². The van der Waals surface area contributed by atoms with Crippen LogP contribution in [0.25, 0.3) is 11.1 Å². The van der Waals surface area contributed by atoms with Gasteiger partial charge in [-0.1, -0.05) is 66.2 Å². The summed E-state index contributed by atoms with van der Waals surface area (Å²) in [4.78, 5) is 42.8. The molecule has 1 aliphatic heterocycles. The second kappa shape index (κ2) is 19.5. The van der Waals surface area contributed by atoms with Gasteiger partial charge in [0.25, 0.3) is 21.6 Å². The fraction of sp³-hybridized carbons (Fsp3) is 0.289. The van der Waals surface area contributed by atoms with E-state index in [1.54, 1.807) is 64.2 Å². The molecule has 16 heteroatoms. The Balaban J connectivity index is 1.13. The number of nitrogens with zero attached hydrogens (tertiary/aromatic N) is 4. The number of carbonyl (C=O) groups is 2. The van der Waals surface area contributed by atoms with Crippen LogP contribution in [-0.2, 0) is 21.3 Å². The highest BCUT2D eigenvalue weighted by molar-refractivity contribution is 7.90. The lowest BCUT2D eigenvalue weighted by Gasteiger charge is -2.36. The summed E-state index contributed by atoms with van der Waals surface area (Å²) in [7, 11) is -3.00. The maximum Gasteiger partial charge on any atom is 0.410 e. The van der Waals surface area contributed by atoms with E-state index in [-0.39, 0.29) is 23.5 Å². The van der Waals surface area contributed by atoms with E-state index in [2.05, 4.69) is 32.0 Å². The Bertz CT molecular complexity index is 2460. The van der Waals surface area contributed by atoms with Gasteiger partial charge in [-0.05, 0) is 92.4 Å². The number of sulfonamides is 1. The number of anilines is 2. The molecule has 2 amide bonds. The minimum atomic E-state index is -4.58. The smallest absolute Gasteiger partial charge is 0.410 e. The van der Waals surface area contributed by atoms with Crippen molar-refractivity contribution in [1.29, 1.82) is 0 Å². The zero-order chi connectivity index (χ0) is 43.7. The van der Waals surface area contributed by atoms with E-state index in [0.29, 0.717) is 36.8 Å². The molecule has 0 radical (unpaired) electrons. The lowest BCUT2D eigenvalue weighted by atomic mass is 9.99. The van der Waals surface area contributed by atoms with E-state index in [1.807, 2.05) is 42.5 Å². The minimum absolute atomic E-state index is 0.0437. The van der Waals surface area contributed by atoms with Crippen molar-refractivity contribution in [3.05, 3.63) is 142 Å². The number of amides is 2. The molecule has 1 aliphatic rings. The predicted octanol–water partition coefficient (Wildman–Crippen LogP) is 8.82. The highest BCUT2D eigenvalue weighted by atomic mass is 35.5. The molecule has 0 aliphatic carbocycles. The number of nitro groups is 1. The Morgan fingerprint density at radius 2 is 1.57 bits per heavy atom. The molecule has 0 atom stereocenters. The van der Waals surface area contributed by atoms with Crippen molar-refractivity contribution in [2.45, 2.75) is 44.2 Å². The zero-order valence-corrected chi connectivity index (χ0v) is 36.0. The standard InChI is InChI=1S/C45H49ClN6O8S/c1-45(2,3)60-44(54)49(4)24-10-23-47-40-22-20-37(30-41(40)52(55)56)61(57,58)48-43(53)39-21-19-35(29-42(39)59-36-12-6-5-7-13-36)51-27-25-50(26-28-51)31-33-11-8-9-14-38(33)32-15-17-34(46)18-16-32/h5-9,11-22,29-30,47H,10,23-28,31H2,1-4H3,(H,48,53). The van der Waals surface area contributed by atoms with Crippen LogP contribution in [0.15, 0.2) is 120 Å². The van der Waals surface area contributed by atoms with Crippen molar-refractivity contribution in [2.75, 3.05) is 56.5 Å². The van der Waals surface area contributed by atoms with Crippen LogP contribution in [0.4, 0.5) is 21.9 Å². The van der Waals surface area contributed by atoms with E-state index in [4.69, 9.17) is 21.1 Å². The molecule has 1 saturated heterocycles. The maximum atomic E-state index is 13.8. The van der Waals surface area contributed by atoms with Crippen molar-refractivity contribution in [1.82, 2.24) is 14.5 Å². The summed E-state index contributed by atoms with van der Waals surface area (Å²) in [5, 5.41) is 15.7. The Morgan fingerprint density at radius 3 is 2.26 bits per heavy atom. The molecule has 0 spiro atoms. The molecule has 5 aromatic rings. The number of benzene rings is 5. The predicted molar refractivity (Wildman–Crippen MR) is 237 cm³/mol. The fourth-order valence-electron chi connectivity index (χ4n) is 6.76. The van der Waals surface area contributed by atoms with Crippen LogP contribution in [0.3, 0.4) is 0 Å². The summed E-state index contributed by atoms with van der Waals surface area (Å²) >= 11 is 6.14. The summed E-state index contributed by atoms with van der Waals surface area (Å²) in [6.07, 6.45) is -0.0740. The number of rotatable bonds is 15. The Morgan fingerprint density at radius 1 is 0.885 bits per heavy atom. The van der Waals surface area contributed by atoms with Crippen molar-refractivity contribution < 1.29 is 32.4 Å². The van der Waals surface area contributed by atoms with Crippen molar-refractivity contribution in [3.8, 4) is 22.6 Å². The van der Waals surface area contributed by atoms with Gasteiger partial charge in [0.1, 0.15) is 22.8 Å². The van der Waals surface area contributed by atoms with Crippen LogP contribution in [0, 0.1) is 10.1 Å². The van der Waals surface area contributed by atoms with Crippen LogP contribution in [-0.4, -0.2) is 87.1 Å². The summed E-state index contributed by atoms with van der Waals surface area (Å²) in [5.74, 6) is -0.393. The largest absolute Gasteiger partial charge is 0.456 e. The third kappa shape index (κ3) is 12.0. The minimum Gasteiger partial charge on any atom is -0.456 e. The molecule has 1 fully saturated rings. The molecule has 14 nitrogen and oxygen atoms in total. The number of para-hydroxylation sites is 1. The summed E-state index contributed by atoms with van der Waals surface area (Å²) in [5.41, 5.74) is 3.14. The normalized spacial score (nSPS) is 13.3. The first-order valence-corrected chi connectivity index (χ1v) is 21.6. The molecule has 6 rings (SSSR count). The van der Waals surface area contributed by atoms with Gasteiger partial charge in [0.2, 0.25) is 0 Å². The molecule has 320 valence electrons. The number of nitro benzene ring substituents is 1. The molecular formula is C45H49ClN6O8S. The number of halogens is 1. The molecule has 61 heavy (non-hydrogen) atoms. The fourth-order valence-corrected chi connectivity index (χ4v) is 7.87. The lowest BCUT2D eigenvalue weighted by molar-refractivity contribution is -0.384. The number of hydrogen-bond donors (Lipinski definition) is 2. The van der Waals surface area contributed by atoms with E-state index in [9.17, 15) is 28.1 Å². The quantitative estimate of drug-likeness (QED) is 0.0587. The molecule has 0 aromatic heterocycles.